The van der Waals surface area contributed by atoms with Gasteiger partial charge in [-0.3, -0.25) is 0 Å². The van der Waals surface area contributed by atoms with E-state index in [4.69, 9.17) is 15.2 Å². The van der Waals surface area contributed by atoms with E-state index in [0.29, 0.717) is 25.0 Å². The van der Waals surface area contributed by atoms with Gasteiger partial charge in [0.15, 0.2) is 5.82 Å². The summed E-state index contributed by atoms with van der Waals surface area (Å²) < 4.78 is 13.3. The number of ether oxygens (including phenoxy) is 2. The molecular formula is C11H18N4O2. The first kappa shape index (κ1) is 11.1. The van der Waals surface area contributed by atoms with Crippen molar-refractivity contribution in [2.45, 2.75) is 37.5 Å². The maximum atomic E-state index is 5.90. The lowest BCUT2D eigenvalue weighted by Crippen LogP contribution is -2.41. The third-order valence-corrected chi connectivity index (χ3v) is 3.65. The summed E-state index contributed by atoms with van der Waals surface area (Å²) in [5.74, 6) is 0.702. The lowest BCUT2D eigenvalue weighted by molar-refractivity contribution is -0.0963. The Morgan fingerprint density at radius 2 is 2.47 bits per heavy atom. The molecule has 17 heavy (non-hydrogen) atoms. The highest BCUT2D eigenvalue weighted by molar-refractivity contribution is 4.93. The standard InChI is InChI=1S/C11H18N4O2/c12-6-10-13-8-15(14-10)9-1-3-17-11(5-9)2-4-16-7-11/h8-9H,1-7,12H2. The molecule has 0 aliphatic carbocycles. The largest absolute Gasteiger partial charge is 0.378 e. The highest BCUT2D eigenvalue weighted by Crippen LogP contribution is 2.37. The van der Waals surface area contributed by atoms with E-state index >= 15 is 0 Å². The second kappa shape index (κ2) is 4.36. The zero-order valence-corrected chi connectivity index (χ0v) is 9.84. The van der Waals surface area contributed by atoms with Crippen LogP contribution in [-0.2, 0) is 16.0 Å². The van der Waals surface area contributed by atoms with E-state index in [1.165, 1.54) is 0 Å². The Hall–Kier alpha value is -0.980. The van der Waals surface area contributed by atoms with E-state index in [1.807, 2.05) is 4.68 Å². The molecule has 2 N–H and O–H groups in total. The van der Waals surface area contributed by atoms with Crippen LogP contribution in [0.3, 0.4) is 0 Å². The highest BCUT2D eigenvalue weighted by atomic mass is 16.6. The SMILES string of the molecule is NCc1ncn(C2CCOC3(CCOC3)C2)n1. The van der Waals surface area contributed by atoms with E-state index in [2.05, 4.69) is 10.1 Å². The van der Waals surface area contributed by atoms with Crippen LogP contribution in [0.4, 0.5) is 0 Å². The Bertz CT molecular complexity index is 387. The van der Waals surface area contributed by atoms with Crippen molar-refractivity contribution in [3.8, 4) is 0 Å². The molecule has 94 valence electrons. The van der Waals surface area contributed by atoms with Gasteiger partial charge in [0.2, 0.25) is 0 Å². The van der Waals surface area contributed by atoms with Crippen molar-refractivity contribution in [2.24, 2.45) is 5.73 Å². The first-order chi connectivity index (χ1) is 8.31. The summed E-state index contributed by atoms with van der Waals surface area (Å²) in [4.78, 5) is 4.18. The Kier molecular flexibility index (Phi) is 2.85. The molecule has 1 aromatic heterocycles. The first-order valence-electron chi connectivity index (χ1n) is 6.13. The molecule has 1 spiro atoms. The predicted octanol–water partition coefficient (Wildman–Crippen LogP) is 0.247. The number of rotatable bonds is 2. The van der Waals surface area contributed by atoms with Crippen LogP contribution in [0.5, 0.6) is 0 Å². The summed E-state index contributed by atoms with van der Waals surface area (Å²) in [5, 5.41) is 4.39. The Balaban J connectivity index is 1.74. The van der Waals surface area contributed by atoms with Crippen molar-refractivity contribution in [2.75, 3.05) is 19.8 Å². The van der Waals surface area contributed by atoms with Gasteiger partial charge < -0.3 is 15.2 Å². The second-order valence-corrected chi connectivity index (χ2v) is 4.83. The van der Waals surface area contributed by atoms with Crippen molar-refractivity contribution in [3.05, 3.63) is 12.2 Å². The summed E-state index contributed by atoms with van der Waals surface area (Å²) in [5.41, 5.74) is 5.44. The molecule has 2 fully saturated rings. The maximum Gasteiger partial charge on any atom is 0.164 e. The van der Waals surface area contributed by atoms with Crippen molar-refractivity contribution < 1.29 is 9.47 Å². The molecule has 2 aliphatic rings. The van der Waals surface area contributed by atoms with Crippen LogP contribution in [-0.4, -0.2) is 40.2 Å². The summed E-state index contributed by atoms with van der Waals surface area (Å²) in [6.07, 6.45) is 4.71. The average Bonchev–Trinajstić information content (AvgIpc) is 2.99. The van der Waals surface area contributed by atoms with Crippen molar-refractivity contribution in [3.63, 3.8) is 0 Å². The Morgan fingerprint density at radius 1 is 1.53 bits per heavy atom. The van der Waals surface area contributed by atoms with E-state index < -0.39 is 0 Å². The van der Waals surface area contributed by atoms with E-state index in [1.54, 1.807) is 6.33 Å². The number of nitrogens with zero attached hydrogens (tertiary/aromatic N) is 3. The molecule has 0 aromatic carbocycles. The molecule has 0 amide bonds. The van der Waals surface area contributed by atoms with Gasteiger partial charge in [-0.2, -0.15) is 5.10 Å². The molecule has 2 aliphatic heterocycles. The molecular weight excluding hydrogens is 220 g/mol. The molecule has 3 heterocycles. The predicted molar refractivity (Wildman–Crippen MR) is 60.3 cm³/mol. The zero-order valence-electron chi connectivity index (χ0n) is 9.84. The molecule has 6 nitrogen and oxygen atoms in total. The van der Waals surface area contributed by atoms with Crippen LogP contribution in [0.25, 0.3) is 0 Å². The van der Waals surface area contributed by atoms with Crippen LogP contribution in [0, 0.1) is 0 Å². The van der Waals surface area contributed by atoms with Gasteiger partial charge in [0.05, 0.1) is 24.8 Å². The summed E-state index contributed by atoms with van der Waals surface area (Å²) in [7, 11) is 0. The second-order valence-electron chi connectivity index (χ2n) is 4.83. The third kappa shape index (κ3) is 2.08. The van der Waals surface area contributed by atoms with E-state index in [-0.39, 0.29) is 5.60 Å². The van der Waals surface area contributed by atoms with Gasteiger partial charge in [0, 0.05) is 26.1 Å². The molecule has 6 heteroatoms. The fourth-order valence-electron chi connectivity index (χ4n) is 2.67. The van der Waals surface area contributed by atoms with Gasteiger partial charge >= 0.3 is 0 Å². The van der Waals surface area contributed by atoms with Crippen molar-refractivity contribution in [1.29, 1.82) is 0 Å². The van der Waals surface area contributed by atoms with E-state index in [9.17, 15) is 0 Å². The van der Waals surface area contributed by atoms with Crippen molar-refractivity contribution in [1.82, 2.24) is 14.8 Å². The normalized spacial score (nSPS) is 33.4. The smallest absolute Gasteiger partial charge is 0.164 e. The molecule has 0 radical (unpaired) electrons. The minimum absolute atomic E-state index is 0.0856. The van der Waals surface area contributed by atoms with Gasteiger partial charge in [-0.1, -0.05) is 0 Å². The van der Waals surface area contributed by atoms with Gasteiger partial charge in [-0.05, 0) is 6.42 Å². The van der Waals surface area contributed by atoms with Crippen LogP contribution in [0.1, 0.15) is 31.1 Å². The minimum atomic E-state index is -0.0856. The lowest BCUT2D eigenvalue weighted by atomic mass is 9.90. The molecule has 2 saturated heterocycles. The topological polar surface area (TPSA) is 75.2 Å². The summed E-state index contributed by atoms with van der Waals surface area (Å²) in [6.45, 7) is 2.68. The lowest BCUT2D eigenvalue weighted by Gasteiger charge is -2.36. The number of aromatic nitrogens is 3. The monoisotopic (exact) mass is 238 g/mol. The average molecular weight is 238 g/mol. The Labute approximate surface area is 100 Å². The van der Waals surface area contributed by atoms with Crippen LogP contribution in [0.15, 0.2) is 6.33 Å². The number of nitrogens with two attached hydrogens (primary N) is 1. The quantitative estimate of drug-likeness (QED) is 0.799. The number of hydrogen-bond acceptors (Lipinski definition) is 5. The van der Waals surface area contributed by atoms with Gasteiger partial charge in [0.1, 0.15) is 6.33 Å². The van der Waals surface area contributed by atoms with Gasteiger partial charge in [0.25, 0.3) is 0 Å². The van der Waals surface area contributed by atoms with Gasteiger partial charge in [-0.25, -0.2) is 9.67 Å². The zero-order chi connectivity index (χ0) is 11.7. The summed E-state index contributed by atoms with van der Waals surface area (Å²) in [6, 6.07) is 0.359. The molecule has 3 rings (SSSR count). The molecule has 2 atom stereocenters. The van der Waals surface area contributed by atoms with Gasteiger partial charge in [-0.15, -0.1) is 0 Å². The fourth-order valence-corrected chi connectivity index (χ4v) is 2.67. The van der Waals surface area contributed by atoms with Crippen LogP contribution >= 0.6 is 0 Å². The fraction of sp³-hybridized carbons (Fsp3) is 0.818. The Morgan fingerprint density at radius 3 is 3.18 bits per heavy atom. The first-order valence-corrected chi connectivity index (χ1v) is 6.13. The van der Waals surface area contributed by atoms with E-state index in [0.717, 1.165) is 32.5 Å². The minimum Gasteiger partial charge on any atom is -0.378 e. The molecule has 0 bridgehead atoms. The van der Waals surface area contributed by atoms with Crippen molar-refractivity contribution >= 4 is 0 Å². The molecule has 2 unspecified atom stereocenters. The molecule has 1 aromatic rings. The maximum absolute atomic E-state index is 5.90. The number of hydrogen-bond donors (Lipinski definition) is 1. The molecule has 0 saturated carbocycles. The van der Waals surface area contributed by atoms with Crippen LogP contribution < -0.4 is 5.73 Å². The highest BCUT2D eigenvalue weighted by Gasteiger charge is 2.41. The summed E-state index contributed by atoms with van der Waals surface area (Å²) >= 11 is 0. The van der Waals surface area contributed by atoms with Crippen LogP contribution in [0.2, 0.25) is 0 Å². The third-order valence-electron chi connectivity index (χ3n) is 3.65.